The van der Waals surface area contributed by atoms with Crippen LogP contribution in [0.2, 0.25) is 5.02 Å². The number of benzene rings is 1. The van der Waals surface area contributed by atoms with Gasteiger partial charge in [0, 0.05) is 29.9 Å². The van der Waals surface area contributed by atoms with Crippen molar-refractivity contribution in [3.8, 4) is 0 Å². The first-order chi connectivity index (χ1) is 8.95. The Hall–Kier alpha value is -1.48. The van der Waals surface area contributed by atoms with E-state index in [1.54, 1.807) is 12.1 Å². The summed E-state index contributed by atoms with van der Waals surface area (Å²) in [6.45, 7) is 4.29. The maximum Gasteiger partial charge on any atom is 0.328 e. The molecule has 0 aliphatic carbocycles. The predicted molar refractivity (Wildman–Crippen MR) is 80.9 cm³/mol. The second kappa shape index (κ2) is 7.19. The van der Waals surface area contributed by atoms with Crippen molar-refractivity contribution in [3.05, 3.63) is 34.9 Å². The molecule has 1 unspecified atom stereocenters. The van der Waals surface area contributed by atoms with Gasteiger partial charge in [-0.3, -0.25) is 0 Å². The largest absolute Gasteiger partial charge is 0.478 e. The van der Waals surface area contributed by atoms with Crippen LogP contribution >= 0.6 is 11.6 Å². The van der Waals surface area contributed by atoms with Crippen LogP contribution in [0.3, 0.4) is 0 Å². The van der Waals surface area contributed by atoms with Gasteiger partial charge in [0.2, 0.25) is 0 Å². The van der Waals surface area contributed by atoms with Gasteiger partial charge in [-0.25, -0.2) is 4.79 Å². The molecule has 0 saturated carbocycles. The summed E-state index contributed by atoms with van der Waals surface area (Å²) in [5.74, 6) is -0.954. The van der Waals surface area contributed by atoms with E-state index in [1.807, 2.05) is 19.2 Å². The van der Waals surface area contributed by atoms with Crippen LogP contribution in [0.5, 0.6) is 0 Å². The lowest BCUT2D eigenvalue weighted by Crippen LogP contribution is -2.29. The fourth-order valence-electron chi connectivity index (χ4n) is 1.97. The fourth-order valence-corrected chi connectivity index (χ4v) is 2.14. The first-order valence-electron chi connectivity index (χ1n) is 6.39. The number of carboxylic acids is 1. The number of carbonyl (C=O) groups is 1. The van der Waals surface area contributed by atoms with Crippen LogP contribution in [0, 0.1) is 0 Å². The van der Waals surface area contributed by atoms with E-state index in [4.69, 9.17) is 16.7 Å². The van der Waals surface area contributed by atoms with Crippen molar-refractivity contribution < 1.29 is 9.90 Å². The first-order valence-corrected chi connectivity index (χ1v) is 6.77. The van der Waals surface area contributed by atoms with Gasteiger partial charge in [0.1, 0.15) is 0 Å². The summed E-state index contributed by atoms with van der Waals surface area (Å²) in [6.07, 6.45) is 4.92. The topological polar surface area (TPSA) is 40.5 Å². The molecule has 4 heteroatoms. The summed E-state index contributed by atoms with van der Waals surface area (Å²) >= 11 is 6.04. The Bertz CT molecular complexity index is 471. The van der Waals surface area contributed by atoms with Crippen molar-refractivity contribution in [1.29, 1.82) is 0 Å². The van der Waals surface area contributed by atoms with E-state index >= 15 is 0 Å². The number of rotatable bonds is 6. The molecule has 0 heterocycles. The van der Waals surface area contributed by atoms with Gasteiger partial charge in [-0.05, 0) is 37.1 Å². The van der Waals surface area contributed by atoms with Gasteiger partial charge in [-0.15, -0.1) is 0 Å². The summed E-state index contributed by atoms with van der Waals surface area (Å²) in [5, 5.41) is 9.38. The molecule has 104 valence electrons. The van der Waals surface area contributed by atoms with Crippen LogP contribution in [0.4, 0.5) is 5.69 Å². The highest BCUT2D eigenvalue weighted by molar-refractivity contribution is 6.31. The van der Waals surface area contributed by atoms with Crippen LogP contribution in [0.1, 0.15) is 32.3 Å². The van der Waals surface area contributed by atoms with Crippen LogP contribution in [-0.2, 0) is 4.79 Å². The summed E-state index contributed by atoms with van der Waals surface area (Å²) in [6, 6.07) is 5.85. The average molecular weight is 282 g/mol. The molecule has 1 aromatic carbocycles. The molecular weight excluding hydrogens is 262 g/mol. The zero-order valence-electron chi connectivity index (χ0n) is 11.6. The second-order valence-electron chi connectivity index (χ2n) is 4.62. The zero-order chi connectivity index (χ0) is 14.4. The standard InChI is InChI=1S/C15H20ClNO2/c1-4-5-11(2)17(3)14-10-13(16)8-6-12(14)7-9-15(18)19/h6-11H,4-5H2,1-3H3,(H,18,19)/b9-7+. The number of hydrogen-bond donors (Lipinski definition) is 1. The number of aliphatic carboxylic acids is 1. The van der Waals surface area contributed by atoms with E-state index in [0.717, 1.165) is 30.2 Å². The van der Waals surface area contributed by atoms with Gasteiger partial charge in [-0.2, -0.15) is 0 Å². The van der Waals surface area contributed by atoms with Crippen LogP contribution in [0.15, 0.2) is 24.3 Å². The van der Waals surface area contributed by atoms with Gasteiger partial charge in [-0.1, -0.05) is 31.0 Å². The van der Waals surface area contributed by atoms with E-state index in [0.29, 0.717) is 11.1 Å². The quantitative estimate of drug-likeness (QED) is 0.799. The maximum absolute atomic E-state index is 10.6. The van der Waals surface area contributed by atoms with E-state index in [2.05, 4.69) is 18.7 Å². The molecule has 0 radical (unpaired) electrons. The van der Waals surface area contributed by atoms with Gasteiger partial charge >= 0.3 is 5.97 Å². The van der Waals surface area contributed by atoms with E-state index < -0.39 is 5.97 Å². The lowest BCUT2D eigenvalue weighted by molar-refractivity contribution is -0.131. The molecular formula is C15H20ClNO2. The van der Waals surface area contributed by atoms with Crippen molar-refractivity contribution in [2.45, 2.75) is 32.7 Å². The number of carboxylic acid groups (broad SMARTS) is 1. The smallest absolute Gasteiger partial charge is 0.328 e. The minimum atomic E-state index is -0.954. The Labute approximate surface area is 119 Å². The van der Waals surface area contributed by atoms with Gasteiger partial charge in [0.25, 0.3) is 0 Å². The SMILES string of the molecule is CCCC(C)N(C)c1cc(Cl)ccc1/C=C/C(=O)O. The monoisotopic (exact) mass is 281 g/mol. The minimum Gasteiger partial charge on any atom is -0.478 e. The molecule has 0 aliphatic heterocycles. The van der Waals surface area contributed by atoms with E-state index in [9.17, 15) is 4.79 Å². The summed E-state index contributed by atoms with van der Waals surface area (Å²) < 4.78 is 0. The molecule has 0 saturated heterocycles. The van der Waals surface area contributed by atoms with Gasteiger partial charge in [0.05, 0.1) is 0 Å². The Morgan fingerprint density at radius 1 is 1.53 bits per heavy atom. The third-order valence-electron chi connectivity index (χ3n) is 3.15. The molecule has 0 amide bonds. The third kappa shape index (κ3) is 4.60. The molecule has 0 aromatic heterocycles. The van der Waals surface area contributed by atoms with E-state index in [-0.39, 0.29) is 0 Å². The normalized spacial score (nSPS) is 12.6. The number of halogens is 1. The predicted octanol–water partition coefficient (Wildman–Crippen LogP) is 4.06. The Morgan fingerprint density at radius 2 is 2.21 bits per heavy atom. The van der Waals surface area contributed by atoms with Crippen molar-refractivity contribution >= 4 is 29.3 Å². The summed E-state index contributed by atoms with van der Waals surface area (Å²) in [5.41, 5.74) is 1.81. The Kier molecular flexibility index (Phi) is 5.90. The van der Waals surface area contributed by atoms with Crippen molar-refractivity contribution in [2.75, 3.05) is 11.9 Å². The van der Waals surface area contributed by atoms with Gasteiger partial charge in [0.15, 0.2) is 0 Å². The Morgan fingerprint density at radius 3 is 2.79 bits per heavy atom. The molecule has 3 nitrogen and oxygen atoms in total. The third-order valence-corrected chi connectivity index (χ3v) is 3.38. The number of anilines is 1. The maximum atomic E-state index is 10.6. The lowest BCUT2D eigenvalue weighted by atomic mass is 10.1. The van der Waals surface area contributed by atoms with Crippen LogP contribution < -0.4 is 4.90 Å². The lowest BCUT2D eigenvalue weighted by Gasteiger charge is -2.28. The molecule has 0 aliphatic rings. The molecule has 1 atom stereocenters. The second-order valence-corrected chi connectivity index (χ2v) is 5.06. The molecule has 1 rings (SSSR count). The van der Waals surface area contributed by atoms with Crippen LogP contribution in [0.25, 0.3) is 6.08 Å². The molecule has 0 fully saturated rings. The molecule has 19 heavy (non-hydrogen) atoms. The van der Waals surface area contributed by atoms with Gasteiger partial charge < -0.3 is 10.0 Å². The fraction of sp³-hybridized carbons (Fsp3) is 0.400. The number of hydrogen-bond acceptors (Lipinski definition) is 2. The molecule has 0 spiro atoms. The summed E-state index contributed by atoms with van der Waals surface area (Å²) in [4.78, 5) is 12.8. The van der Waals surface area contributed by atoms with Crippen molar-refractivity contribution in [3.63, 3.8) is 0 Å². The average Bonchev–Trinajstić information content (AvgIpc) is 2.36. The number of nitrogens with zero attached hydrogens (tertiary/aromatic N) is 1. The highest BCUT2D eigenvalue weighted by Gasteiger charge is 2.12. The highest BCUT2D eigenvalue weighted by Crippen LogP contribution is 2.27. The Balaban J connectivity index is 3.09. The van der Waals surface area contributed by atoms with E-state index in [1.165, 1.54) is 0 Å². The summed E-state index contributed by atoms with van der Waals surface area (Å²) in [7, 11) is 2.00. The zero-order valence-corrected chi connectivity index (χ0v) is 12.3. The molecule has 1 N–H and O–H groups in total. The molecule has 1 aromatic rings. The van der Waals surface area contributed by atoms with Crippen molar-refractivity contribution in [1.82, 2.24) is 0 Å². The highest BCUT2D eigenvalue weighted by atomic mass is 35.5. The van der Waals surface area contributed by atoms with Crippen LogP contribution in [-0.4, -0.2) is 24.2 Å². The minimum absolute atomic E-state index is 0.375. The molecule has 0 bridgehead atoms. The first kappa shape index (κ1) is 15.6. The van der Waals surface area contributed by atoms with Crippen molar-refractivity contribution in [2.24, 2.45) is 0 Å².